The first-order valence-electron chi connectivity index (χ1n) is 10.9. The molecule has 180 valence electrons. The van der Waals surface area contributed by atoms with Crippen LogP contribution in [0.3, 0.4) is 0 Å². The van der Waals surface area contributed by atoms with Crippen molar-refractivity contribution in [3.63, 3.8) is 0 Å². The molecule has 1 N–H and O–H groups in total. The summed E-state index contributed by atoms with van der Waals surface area (Å²) in [7, 11) is 1.56. The Balaban J connectivity index is 1.60. The van der Waals surface area contributed by atoms with Gasteiger partial charge in [-0.15, -0.1) is 0 Å². The Morgan fingerprint density at radius 2 is 1.79 bits per heavy atom. The third-order valence-corrected chi connectivity index (χ3v) is 5.90. The summed E-state index contributed by atoms with van der Waals surface area (Å²) in [6.07, 6.45) is -2.08. The third kappa shape index (κ3) is 4.91. The van der Waals surface area contributed by atoms with Gasteiger partial charge in [-0.05, 0) is 55.8 Å². The van der Waals surface area contributed by atoms with Crippen LogP contribution in [0.2, 0.25) is 0 Å². The van der Waals surface area contributed by atoms with E-state index in [9.17, 15) is 22.4 Å². The third-order valence-electron chi connectivity index (χ3n) is 5.90. The van der Waals surface area contributed by atoms with Gasteiger partial charge in [0, 0.05) is 6.54 Å². The van der Waals surface area contributed by atoms with E-state index in [0.717, 1.165) is 43.8 Å². The molecule has 2 heterocycles. The predicted molar refractivity (Wildman–Crippen MR) is 117 cm³/mol. The molecule has 10 heteroatoms. The van der Waals surface area contributed by atoms with E-state index in [0.29, 0.717) is 10.4 Å². The van der Waals surface area contributed by atoms with Gasteiger partial charge in [-0.25, -0.2) is 9.07 Å². The highest BCUT2D eigenvalue weighted by molar-refractivity contribution is 5.95. The zero-order chi connectivity index (χ0) is 24.3. The van der Waals surface area contributed by atoms with Crippen LogP contribution in [0.15, 0.2) is 54.7 Å². The summed E-state index contributed by atoms with van der Waals surface area (Å²) in [5.41, 5.74) is -1.45. The number of hydrogen-bond acceptors (Lipinski definition) is 4. The minimum absolute atomic E-state index is 0.105. The lowest BCUT2D eigenvalue weighted by atomic mass is 10.0. The summed E-state index contributed by atoms with van der Waals surface area (Å²) in [4.78, 5) is 15.1. The Kier molecular flexibility index (Phi) is 6.87. The van der Waals surface area contributed by atoms with Crippen molar-refractivity contribution in [2.24, 2.45) is 0 Å². The number of carbonyl (C=O) groups is 1. The van der Waals surface area contributed by atoms with Crippen LogP contribution in [0.25, 0.3) is 5.69 Å². The van der Waals surface area contributed by atoms with Gasteiger partial charge in [-0.1, -0.05) is 24.3 Å². The van der Waals surface area contributed by atoms with E-state index in [4.69, 9.17) is 4.74 Å². The molecule has 0 saturated carbocycles. The normalized spacial score (nSPS) is 15.3. The number of halogens is 4. The van der Waals surface area contributed by atoms with E-state index >= 15 is 0 Å². The first-order chi connectivity index (χ1) is 16.3. The molecular formula is C24H24F4N4O2. The second kappa shape index (κ2) is 9.84. The second-order valence-electron chi connectivity index (χ2n) is 8.01. The summed E-state index contributed by atoms with van der Waals surface area (Å²) >= 11 is 0. The molecule has 1 aliphatic rings. The smallest absolute Gasteiger partial charge is 0.434 e. The molecule has 1 aliphatic heterocycles. The van der Waals surface area contributed by atoms with Crippen molar-refractivity contribution in [1.29, 1.82) is 0 Å². The molecule has 0 spiro atoms. The topological polar surface area (TPSA) is 59.4 Å². The Labute approximate surface area is 194 Å². The van der Waals surface area contributed by atoms with Gasteiger partial charge in [0.05, 0.1) is 24.9 Å². The Morgan fingerprint density at radius 3 is 2.41 bits per heavy atom. The molecule has 4 rings (SSSR count). The molecule has 2 aromatic carbocycles. The lowest BCUT2D eigenvalue weighted by Crippen LogP contribution is -2.37. The van der Waals surface area contributed by atoms with E-state index in [2.05, 4.69) is 15.3 Å². The lowest BCUT2D eigenvalue weighted by Gasteiger charge is -2.28. The summed E-state index contributed by atoms with van der Waals surface area (Å²) in [5.74, 6) is -1.12. The molecule has 6 nitrogen and oxygen atoms in total. The van der Waals surface area contributed by atoms with Crippen molar-refractivity contribution >= 4 is 5.91 Å². The molecule has 34 heavy (non-hydrogen) atoms. The average molecular weight is 476 g/mol. The number of nitrogens with zero attached hydrogens (tertiary/aromatic N) is 3. The van der Waals surface area contributed by atoms with Crippen molar-refractivity contribution < 1.29 is 27.1 Å². The number of para-hydroxylation sites is 1. The van der Waals surface area contributed by atoms with Crippen LogP contribution < -0.4 is 10.1 Å². The van der Waals surface area contributed by atoms with Gasteiger partial charge in [0.1, 0.15) is 17.3 Å². The summed E-state index contributed by atoms with van der Waals surface area (Å²) < 4.78 is 61.6. The van der Waals surface area contributed by atoms with Crippen molar-refractivity contribution in [2.75, 3.05) is 26.7 Å². The second-order valence-corrected chi connectivity index (χ2v) is 8.01. The zero-order valence-electron chi connectivity index (χ0n) is 18.5. The van der Waals surface area contributed by atoms with Gasteiger partial charge in [-0.2, -0.15) is 18.3 Å². The molecule has 0 radical (unpaired) electrons. The van der Waals surface area contributed by atoms with Gasteiger partial charge in [0.25, 0.3) is 5.91 Å². The number of hydrogen-bond donors (Lipinski definition) is 1. The fourth-order valence-electron chi connectivity index (χ4n) is 4.22. The van der Waals surface area contributed by atoms with Gasteiger partial charge >= 0.3 is 6.18 Å². The van der Waals surface area contributed by atoms with Gasteiger partial charge < -0.3 is 10.1 Å². The van der Waals surface area contributed by atoms with Crippen LogP contribution in [0.1, 0.15) is 40.5 Å². The Bertz CT molecular complexity index is 1140. The zero-order valence-corrected chi connectivity index (χ0v) is 18.5. The number of amides is 1. The molecular weight excluding hydrogens is 452 g/mol. The number of benzene rings is 2. The quantitative estimate of drug-likeness (QED) is 0.507. The van der Waals surface area contributed by atoms with E-state index in [1.54, 1.807) is 19.2 Å². The highest BCUT2D eigenvalue weighted by Gasteiger charge is 2.41. The summed E-state index contributed by atoms with van der Waals surface area (Å²) in [5, 5.41) is 6.32. The number of rotatable bonds is 7. The predicted octanol–water partition coefficient (Wildman–Crippen LogP) is 4.61. The highest BCUT2D eigenvalue weighted by Crippen LogP contribution is 2.34. The minimum atomic E-state index is -4.92. The minimum Gasteiger partial charge on any atom is -0.497 e. The van der Waals surface area contributed by atoms with E-state index in [1.807, 2.05) is 12.1 Å². The van der Waals surface area contributed by atoms with Crippen molar-refractivity contribution in [2.45, 2.75) is 25.1 Å². The van der Waals surface area contributed by atoms with Crippen LogP contribution in [-0.2, 0) is 6.18 Å². The van der Waals surface area contributed by atoms with Crippen molar-refractivity contribution in [1.82, 2.24) is 20.0 Å². The van der Waals surface area contributed by atoms with Gasteiger partial charge in [0.15, 0.2) is 5.69 Å². The van der Waals surface area contributed by atoms with Crippen LogP contribution in [-0.4, -0.2) is 47.3 Å². The van der Waals surface area contributed by atoms with Crippen molar-refractivity contribution in [3.05, 3.63) is 77.4 Å². The number of likely N-dealkylation sites (tertiary alicyclic amines) is 1. The highest BCUT2D eigenvalue weighted by atomic mass is 19.4. The Morgan fingerprint density at radius 1 is 1.12 bits per heavy atom. The average Bonchev–Trinajstić information content (AvgIpc) is 3.50. The van der Waals surface area contributed by atoms with Crippen LogP contribution >= 0.6 is 0 Å². The van der Waals surface area contributed by atoms with Crippen LogP contribution in [0.4, 0.5) is 17.6 Å². The SMILES string of the molecule is COc1ccc(C(CNC(=O)c2cnn(-c3ccccc3F)c2C(F)(F)F)N2CCCC2)cc1. The molecule has 1 fully saturated rings. The molecule has 1 unspecified atom stereocenters. The maximum atomic E-state index is 14.2. The fraction of sp³-hybridized carbons (Fsp3) is 0.333. The number of ether oxygens (including phenoxy) is 1. The summed E-state index contributed by atoms with van der Waals surface area (Å²) in [6.45, 7) is 1.75. The molecule has 1 atom stereocenters. The Hall–Kier alpha value is -3.40. The fourth-order valence-corrected chi connectivity index (χ4v) is 4.22. The number of aromatic nitrogens is 2. The maximum absolute atomic E-state index is 14.2. The van der Waals surface area contributed by atoms with Crippen LogP contribution in [0.5, 0.6) is 5.75 Å². The first kappa shape index (κ1) is 23.7. The maximum Gasteiger partial charge on any atom is 0.434 e. The van der Waals surface area contributed by atoms with Crippen LogP contribution in [0, 0.1) is 5.82 Å². The van der Waals surface area contributed by atoms with E-state index < -0.39 is 29.2 Å². The van der Waals surface area contributed by atoms with Gasteiger partial charge in [0.2, 0.25) is 0 Å². The molecule has 3 aromatic rings. The lowest BCUT2D eigenvalue weighted by molar-refractivity contribution is -0.143. The number of nitrogens with one attached hydrogen (secondary N) is 1. The number of alkyl halides is 3. The van der Waals surface area contributed by atoms with Gasteiger partial charge in [-0.3, -0.25) is 9.69 Å². The molecule has 1 saturated heterocycles. The van der Waals surface area contributed by atoms with E-state index in [1.165, 1.54) is 18.2 Å². The number of carbonyl (C=O) groups excluding carboxylic acids is 1. The number of methoxy groups -OCH3 is 1. The molecule has 1 amide bonds. The molecule has 1 aromatic heterocycles. The largest absolute Gasteiger partial charge is 0.497 e. The standard InChI is InChI=1S/C24H24F4N4O2/c1-34-17-10-8-16(9-11-17)21(31-12-4-5-13-31)15-29-23(33)18-14-30-32(22(18)24(26,27)28)20-7-3-2-6-19(20)25/h2-3,6-11,14,21H,4-5,12-13,15H2,1H3,(H,29,33). The monoisotopic (exact) mass is 476 g/mol. The van der Waals surface area contributed by atoms with E-state index in [-0.39, 0.29) is 18.3 Å². The molecule has 0 aliphatic carbocycles. The van der Waals surface area contributed by atoms with Crippen molar-refractivity contribution in [3.8, 4) is 11.4 Å². The molecule has 0 bridgehead atoms. The first-order valence-corrected chi connectivity index (χ1v) is 10.9. The summed E-state index contributed by atoms with van der Waals surface area (Å²) in [6, 6.07) is 12.1.